The van der Waals surface area contributed by atoms with Gasteiger partial charge in [0.2, 0.25) is 5.95 Å². The van der Waals surface area contributed by atoms with Gasteiger partial charge in [0.15, 0.2) is 5.65 Å². The van der Waals surface area contributed by atoms with Crippen molar-refractivity contribution in [2.24, 2.45) is 5.92 Å². The number of piperidine rings is 1. The predicted octanol–water partition coefficient (Wildman–Crippen LogP) is 4.20. The first kappa shape index (κ1) is 25.5. The van der Waals surface area contributed by atoms with Gasteiger partial charge in [0.05, 0.1) is 50.0 Å². The molecule has 8 nitrogen and oxygen atoms in total. The molecule has 11 heteroatoms. The van der Waals surface area contributed by atoms with Crippen molar-refractivity contribution < 1.29 is 27.8 Å². The second-order valence-electron chi connectivity index (χ2n) is 9.52. The van der Waals surface area contributed by atoms with Crippen molar-refractivity contribution in [2.75, 3.05) is 49.8 Å². The second kappa shape index (κ2) is 10.3. The first-order valence-corrected chi connectivity index (χ1v) is 12.4. The molecule has 1 N–H and O–H groups in total. The third kappa shape index (κ3) is 5.15. The number of rotatable bonds is 5. The van der Waals surface area contributed by atoms with Crippen LogP contribution in [0.2, 0.25) is 0 Å². The summed E-state index contributed by atoms with van der Waals surface area (Å²) in [6, 6.07) is 9.35. The Morgan fingerprint density at radius 3 is 2.54 bits per heavy atom. The monoisotopic (exact) mass is 517 g/mol. The molecule has 0 spiro atoms. The van der Waals surface area contributed by atoms with Crippen LogP contribution in [-0.4, -0.2) is 72.2 Å². The van der Waals surface area contributed by atoms with E-state index in [1.807, 2.05) is 29.2 Å². The number of aliphatic hydroxyl groups is 1. The van der Waals surface area contributed by atoms with Crippen LogP contribution in [0, 0.1) is 5.92 Å². The zero-order valence-electron chi connectivity index (χ0n) is 20.8. The number of anilines is 2. The lowest BCUT2D eigenvalue weighted by Crippen LogP contribution is -2.45. The molecule has 1 atom stereocenters. The van der Waals surface area contributed by atoms with E-state index in [1.54, 1.807) is 13.2 Å². The molecule has 0 unspecified atom stereocenters. The third-order valence-corrected chi connectivity index (χ3v) is 7.15. The van der Waals surface area contributed by atoms with Crippen LogP contribution in [0.5, 0.6) is 5.75 Å². The molecule has 5 rings (SSSR count). The predicted molar refractivity (Wildman–Crippen MR) is 134 cm³/mol. The topological polar surface area (TPSA) is 83.8 Å². The van der Waals surface area contributed by atoms with Crippen LogP contribution < -0.4 is 14.5 Å². The Kier molecular flexibility index (Phi) is 7.09. The molecular formula is C26H30F3N5O3. The average molecular weight is 518 g/mol. The minimum Gasteiger partial charge on any atom is -0.496 e. The first-order chi connectivity index (χ1) is 17.8. The molecule has 1 aromatic carbocycles. The summed E-state index contributed by atoms with van der Waals surface area (Å²) in [6.07, 6.45) is -4.16. The van der Waals surface area contributed by atoms with Gasteiger partial charge in [-0.15, -0.1) is 0 Å². The summed E-state index contributed by atoms with van der Waals surface area (Å²) in [5, 5.41) is 10.5. The highest BCUT2D eigenvalue weighted by Gasteiger charge is 2.41. The van der Waals surface area contributed by atoms with E-state index in [0.29, 0.717) is 54.2 Å². The van der Waals surface area contributed by atoms with Crippen molar-refractivity contribution in [1.82, 2.24) is 15.0 Å². The fraction of sp³-hybridized carbons (Fsp3) is 0.500. The lowest BCUT2D eigenvalue weighted by Gasteiger charge is -2.36. The van der Waals surface area contributed by atoms with Gasteiger partial charge in [-0.3, -0.25) is 0 Å². The summed E-state index contributed by atoms with van der Waals surface area (Å²) in [7, 11) is 1.55. The molecule has 37 heavy (non-hydrogen) atoms. The zero-order valence-corrected chi connectivity index (χ0v) is 20.8. The van der Waals surface area contributed by atoms with Gasteiger partial charge < -0.3 is 24.4 Å². The number of ether oxygens (including phenoxy) is 2. The first-order valence-electron chi connectivity index (χ1n) is 12.4. The average Bonchev–Trinajstić information content (AvgIpc) is 2.91. The van der Waals surface area contributed by atoms with E-state index >= 15 is 0 Å². The number of morpholine rings is 1. The lowest BCUT2D eigenvalue weighted by atomic mass is 9.96. The number of alkyl halides is 3. The van der Waals surface area contributed by atoms with Gasteiger partial charge in [0.25, 0.3) is 0 Å². The van der Waals surface area contributed by atoms with Crippen LogP contribution in [0.1, 0.15) is 25.3 Å². The van der Waals surface area contributed by atoms with Crippen molar-refractivity contribution in [2.45, 2.75) is 38.6 Å². The number of aliphatic hydroxyl groups excluding tert-OH is 1. The van der Waals surface area contributed by atoms with E-state index in [9.17, 15) is 18.3 Å². The van der Waals surface area contributed by atoms with Gasteiger partial charge in [-0.1, -0.05) is 0 Å². The van der Waals surface area contributed by atoms with E-state index in [2.05, 4.69) is 11.8 Å². The maximum Gasteiger partial charge on any atom is 0.391 e. The number of pyridine rings is 1. The Bertz CT molecular complexity index is 1260. The Morgan fingerprint density at radius 2 is 1.86 bits per heavy atom. The zero-order chi connectivity index (χ0) is 26.2. The van der Waals surface area contributed by atoms with Crippen molar-refractivity contribution >= 4 is 22.8 Å². The SMILES string of the molecule is COc1ccc(-c2ccc3c(N4CCOC[C@@H]4C)nc(N4CCC(C(F)(F)F)CC4)nc3n2)cc1CO. The number of hydrogen-bond acceptors (Lipinski definition) is 8. The van der Waals surface area contributed by atoms with Crippen LogP contribution in [-0.2, 0) is 11.3 Å². The molecule has 2 fully saturated rings. The number of methoxy groups -OCH3 is 1. The van der Waals surface area contributed by atoms with Gasteiger partial charge in [-0.05, 0) is 50.1 Å². The summed E-state index contributed by atoms with van der Waals surface area (Å²) < 4.78 is 50.6. The van der Waals surface area contributed by atoms with Crippen LogP contribution in [0.4, 0.5) is 24.9 Å². The summed E-state index contributed by atoms with van der Waals surface area (Å²) in [5.74, 6) is 0.377. The minimum absolute atomic E-state index is 0.0113. The number of aromatic nitrogens is 3. The van der Waals surface area contributed by atoms with Crippen LogP contribution in [0.15, 0.2) is 30.3 Å². The Balaban J connectivity index is 1.56. The smallest absolute Gasteiger partial charge is 0.391 e. The normalized spacial score (nSPS) is 19.5. The second-order valence-corrected chi connectivity index (χ2v) is 9.52. The maximum atomic E-state index is 13.2. The Morgan fingerprint density at radius 1 is 1.08 bits per heavy atom. The fourth-order valence-electron chi connectivity index (χ4n) is 5.01. The van der Waals surface area contributed by atoms with Gasteiger partial charge in [-0.2, -0.15) is 23.1 Å². The molecule has 0 bridgehead atoms. The highest BCUT2D eigenvalue weighted by atomic mass is 19.4. The lowest BCUT2D eigenvalue weighted by molar-refractivity contribution is -0.179. The van der Waals surface area contributed by atoms with Gasteiger partial charge >= 0.3 is 6.18 Å². The molecule has 2 saturated heterocycles. The molecule has 0 radical (unpaired) electrons. The van der Waals surface area contributed by atoms with Crippen molar-refractivity contribution in [3.8, 4) is 17.0 Å². The highest BCUT2D eigenvalue weighted by Crippen LogP contribution is 2.36. The molecule has 0 amide bonds. The number of benzene rings is 1. The van der Waals surface area contributed by atoms with Crippen LogP contribution in [0.3, 0.4) is 0 Å². The van der Waals surface area contributed by atoms with Crippen LogP contribution >= 0.6 is 0 Å². The molecule has 3 aromatic rings. The quantitative estimate of drug-likeness (QED) is 0.539. The molecule has 0 saturated carbocycles. The molecule has 198 valence electrons. The van der Waals surface area contributed by atoms with Gasteiger partial charge in [0.1, 0.15) is 11.6 Å². The van der Waals surface area contributed by atoms with Gasteiger partial charge in [0, 0.05) is 30.8 Å². The minimum atomic E-state index is -4.19. The molecular weight excluding hydrogens is 487 g/mol. The largest absolute Gasteiger partial charge is 0.496 e. The highest BCUT2D eigenvalue weighted by molar-refractivity contribution is 5.90. The summed E-state index contributed by atoms with van der Waals surface area (Å²) in [6.45, 7) is 4.09. The summed E-state index contributed by atoms with van der Waals surface area (Å²) in [4.78, 5) is 18.4. The van der Waals surface area contributed by atoms with Crippen molar-refractivity contribution in [1.29, 1.82) is 0 Å². The number of hydrogen-bond donors (Lipinski definition) is 1. The molecule has 0 aliphatic carbocycles. The molecule has 2 aliphatic heterocycles. The Labute approximate surface area is 213 Å². The third-order valence-electron chi connectivity index (χ3n) is 7.15. The number of fused-ring (bicyclic) bond motifs is 1. The van der Waals surface area contributed by atoms with E-state index in [-0.39, 0.29) is 38.6 Å². The summed E-state index contributed by atoms with van der Waals surface area (Å²) in [5.41, 5.74) is 2.56. The maximum absolute atomic E-state index is 13.2. The van der Waals surface area contributed by atoms with Crippen molar-refractivity contribution in [3.05, 3.63) is 35.9 Å². The molecule has 2 aromatic heterocycles. The van der Waals surface area contributed by atoms with E-state index in [0.717, 1.165) is 10.9 Å². The number of nitrogens with zero attached hydrogens (tertiary/aromatic N) is 5. The molecule has 4 heterocycles. The van der Waals surface area contributed by atoms with E-state index < -0.39 is 12.1 Å². The fourth-order valence-corrected chi connectivity index (χ4v) is 5.01. The summed E-state index contributed by atoms with van der Waals surface area (Å²) >= 11 is 0. The van der Waals surface area contributed by atoms with Gasteiger partial charge in [-0.25, -0.2) is 4.98 Å². The number of halogens is 3. The molecule has 2 aliphatic rings. The van der Waals surface area contributed by atoms with Crippen molar-refractivity contribution in [3.63, 3.8) is 0 Å². The van der Waals surface area contributed by atoms with Crippen LogP contribution in [0.25, 0.3) is 22.3 Å². The standard InChI is InChI=1S/C26H30F3N5O3/c1-16-15-37-12-11-34(16)24-20-4-5-21(17-3-6-22(36-2)18(13-17)14-35)30-23(20)31-25(32-24)33-9-7-19(8-10-33)26(27,28)29/h3-6,13,16,19,35H,7-12,14-15H2,1-2H3/t16-/m0/s1. The van der Waals surface area contributed by atoms with E-state index in [4.69, 9.17) is 24.4 Å². The Hall–Kier alpha value is -3.18. The van der Waals surface area contributed by atoms with E-state index in [1.165, 1.54) is 0 Å².